The molecule has 2 N–H and O–H groups in total. The van der Waals surface area contributed by atoms with Crippen LogP contribution >= 0.6 is 7.60 Å². The van der Waals surface area contributed by atoms with Crippen molar-refractivity contribution in [1.29, 1.82) is 0 Å². The predicted molar refractivity (Wildman–Crippen MR) is 101 cm³/mol. The van der Waals surface area contributed by atoms with Crippen molar-refractivity contribution in [2.75, 3.05) is 23.8 Å². The minimum absolute atomic E-state index is 0.106. The van der Waals surface area contributed by atoms with Gasteiger partial charge in [0.2, 0.25) is 0 Å². The number of carbonyl (C=O) groups excluding carboxylic acids is 1. The van der Waals surface area contributed by atoms with Gasteiger partial charge in [0.15, 0.2) is 0 Å². The fourth-order valence-electron chi connectivity index (χ4n) is 2.45. The lowest BCUT2D eigenvalue weighted by atomic mass is 10.1. The van der Waals surface area contributed by atoms with Crippen LogP contribution in [0.3, 0.4) is 0 Å². The first-order valence-electron chi connectivity index (χ1n) is 8.44. The number of benzene rings is 2. The Kier molecular flexibility index (Phi) is 7.23. The van der Waals surface area contributed by atoms with Crippen molar-refractivity contribution in [2.24, 2.45) is 0 Å². The van der Waals surface area contributed by atoms with Gasteiger partial charge in [0.25, 0.3) is 0 Å². The summed E-state index contributed by atoms with van der Waals surface area (Å²) in [6.45, 7) is 3.50. The highest BCUT2D eigenvalue weighted by Crippen LogP contribution is 2.48. The fourth-order valence-corrected chi connectivity index (χ4v) is 4.18. The van der Waals surface area contributed by atoms with Gasteiger partial charge in [0.1, 0.15) is 0 Å². The SMILES string of the molecule is CCOP(=O)(OCC)c1ccccc1NC(=O)Nc1ccccc1C(F)(F)F. The molecule has 6 nitrogen and oxygen atoms in total. The Labute approximate surface area is 160 Å². The largest absolute Gasteiger partial charge is 0.418 e. The lowest BCUT2D eigenvalue weighted by Crippen LogP contribution is -2.25. The van der Waals surface area contributed by atoms with E-state index in [1.165, 1.54) is 24.3 Å². The highest BCUT2D eigenvalue weighted by Gasteiger charge is 2.34. The Morgan fingerprint density at radius 3 is 2.00 bits per heavy atom. The molecule has 10 heteroatoms. The van der Waals surface area contributed by atoms with Gasteiger partial charge in [-0.05, 0) is 38.1 Å². The Balaban J connectivity index is 2.28. The van der Waals surface area contributed by atoms with Crippen LogP contribution in [0.2, 0.25) is 0 Å². The quantitative estimate of drug-likeness (QED) is 0.605. The van der Waals surface area contributed by atoms with Gasteiger partial charge in [-0.1, -0.05) is 24.3 Å². The van der Waals surface area contributed by atoms with Crippen molar-refractivity contribution in [2.45, 2.75) is 20.0 Å². The number of urea groups is 1. The average Bonchev–Trinajstić information content (AvgIpc) is 2.62. The van der Waals surface area contributed by atoms with E-state index in [0.717, 1.165) is 12.1 Å². The van der Waals surface area contributed by atoms with E-state index in [2.05, 4.69) is 10.6 Å². The monoisotopic (exact) mass is 416 g/mol. The minimum Gasteiger partial charge on any atom is -0.307 e. The van der Waals surface area contributed by atoms with Crippen molar-refractivity contribution in [3.05, 3.63) is 54.1 Å². The van der Waals surface area contributed by atoms with Crippen LogP contribution in [-0.4, -0.2) is 19.2 Å². The fraction of sp³-hybridized carbons (Fsp3) is 0.278. The third-order valence-corrected chi connectivity index (χ3v) is 5.70. The van der Waals surface area contributed by atoms with E-state index in [4.69, 9.17) is 9.05 Å². The summed E-state index contributed by atoms with van der Waals surface area (Å²) < 4.78 is 62.8. The maximum atomic E-state index is 13.1. The van der Waals surface area contributed by atoms with Crippen LogP contribution in [0, 0.1) is 0 Å². The zero-order valence-corrected chi connectivity index (χ0v) is 16.1. The summed E-state index contributed by atoms with van der Waals surface area (Å²) >= 11 is 0. The molecule has 0 saturated heterocycles. The van der Waals surface area contributed by atoms with Crippen molar-refractivity contribution < 1.29 is 31.6 Å². The normalized spacial score (nSPS) is 11.9. The molecule has 0 aliphatic rings. The lowest BCUT2D eigenvalue weighted by molar-refractivity contribution is -0.136. The number of anilines is 2. The molecule has 152 valence electrons. The maximum absolute atomic E-state index is 13.1. The van der Waals surface area contributed by atoms with Crippen LogP contribution in [0.25, 0.3) is 0 Å². The Bertz CT molecular complexity index is 864. The average molecular weight is 416 g/mol. The summed E-state index contributed by atoms with van der Waals surface area (Å²) in [5.74, 6) is 0. The van der Waals surface area contributed by atoms with Gasteiger partial charge in [0, 0.05) is 0 Å². The first-order valence-corrected chi connectivity index (χ1v) is 9.98. The van der Waals surface area contributed by atoms with Crippen molar-refractivity contribution in [3.63, 3.8) is 0 Å². The van der Waals surface area contributed by atoms with Crippen LogP contribution in [0.1, 0.15) is 19.4 Å². The maximum Gasteiger partial charge on any atom is 0.418 e. The van der Waals surface area contributed by atoms with Crippen molar-refractivity contribution in [3.8, 4) is 0 Å². The molecule has 2 aromatic carbocycles. The van der Waals surface area contributed by atoms with E-state index in [9.17, 15) is 22.5 Å². The molecule has 2 rings (SSSR count). The lowest BCUT2D eigenvalue weighted by Gasteiger charge is -2.20. The highest BCUT2D eigenvalue weighted by molar-refractivity contribution is 7.62. The molecule has 0 fully saturated rings. The summed E-state index contributed by atoms with van der Waals surface area (Å²) in [6, 6.07) is 9.75. The molecular formula is C18H20F3N2O4P. The first-order chi connectivity index (χ1) is 13.2. The number of carbonyl (C=O) groups is 1. The molecule has 0 aliphatic heterocycles. The molecule has 0 atom stereocenters. The van der Waals surface area contributed by atoms with Gasteiger partial charge in [-0.3, -0.25) is 4.57 Å². The molecule has 28 heavy (non-hydrogen) atoms. The Morgan fingerprint density at radius 1 is 0.929 bits per heavy atom. The summed E-state index contributed by atoms with van der Waals surface area (Å²) in [5, 5.41) is 4.69. The number of rotatable bonds is 7. The van der Waals surface area contributed by atoms with Crippen LogP contribution in [-0.2, 0) is 19.8 Å². The molecule has 0 aromatic heterocycles. The van der Waals surface area contributed by atoms with Gasteiger partial charge < -0.3 is 19.7 Å². The zero-order valence-electron chi connectivity index (χ0n) is 15.2. The van der Waals surface area contributed by atoms with Crippen LogP contribution in [0.15, 0.2) is 48.5 Å². The molecule has 0 bridgehead atoms. The molecule has 0 spiro atoms. The van der Waals surface area contributed by atoms with Gasteiger partial charge in [-0.2, -0.15) is 13.2 Å². The number of hydrogen-bond acceptors (Lipinski definition) is 4. The van der Waals surface area contributed by atoms with E-state index in [0.29, 0.717) is 0 Å². The molecule has 0 heterocycles. The molecule has 0 radical (unpaired) electrons. The van der Waals surface area contributed by atoms with Gasteiger partial charge in [0.05, 0.1) is 35.5 Å². The topological polar surface area (TPSA) is 76.7 Å². The van der Waals surface area contributed by atoms with Crippen LogP contribution < -0.4 is 15.9 Å². The number of nitrogens with one attached hydrogen (secondary N) is 2. The van der Waals surface area contributed by atoms with E-state index in [1.54, 1.807) is 26.0 Å². The summed E-state index contributed by atoms with van der Waals surface area (Å²) in [6.07, 6.45) is -4.62. The second-order valence-electron chi connectivity index (χ2n) is 5.47. The molecule has 0 aliphatic carbocycles. The second-order valence-corrected chi connectivity index (χ2v) is 7.47. The summed E-state index contributed by atoms with van der Waals surface area (Å²) in [5.41, 5.74) is -1.27. The van der Waals surface area contributed by atoms with Crippen LogP contribution in [0.4, 0.5) is 29.3 Å². The van der Waals surface area contributed by atoms with Gasteiger partial charge >= 0.3 is 19.8 Å². The molecule has 0 unspecified atom stereocenters. The predicted octanol–water partition coefficient (Wildman–Crippen LogP) is 5.24. The third-order valence-electron chi connectivity index (χ3n) is 3.53. The molecule has 2 amide bonds. The molecule has 2 aromatic rings. The van der Waals surface area contributed by atoms with Crippen molar-refractivity contribution >= 4 is 30.3 Å². The van der Waals surface area contributed by atoms with E-state index < -0.39 is 31.1 Å². The summed E-state index contributed by atoms with van der Waals surface area (Å²) in [4.78, 5) is 12.3. The Morgan fingerprint density at radius 2 is 1.43 bits per heavy atom. The second kappa shape index (κ2) is 9.23. The van der Waals surface area contributed by atoms with E-state index in [1.807, 2.05) is 0 Å². The first kappa shape index (κ1) is 21.9. The summed E-state index contributed by atoms with van der Waals surface area (Å²) in [7, 11) is -3.71. The van der Waals surface area contributed by atoms with Crippen LogP contribution in [0.5, 0.6) is 0 Å². The number of hydrogen-bond donors (Lipinski definition) is 2. The minimum atomic E-state index is -4.62. The number of para-hydroxylation sites is 2. The third kappa shape index (κ3) is 5.34. The van der Waals surface area contributed by atoms with Crippen molar-refractivity contribution in [1.82, 2.24) is 0 Å². The standard InChI is InChI=1S/C18H20F3N2O4P/c1-3-26-28(25,27-4-2)16-12-8-7-11-15(16)23-17(24)22-14-10-6-5-9-13(14)18(19,20)21/h5-12H,3-4H2,1-2H3,(H2,22,23,24). The number of halogens is 3. The molecule has 0 saturated carbocycles. The number of amides is 2. The smallest absolute Gasteiger partial charge is 0.307 e. The number of alkyl halides is 3. The van der Waals surface area contributed by atoms with E-state index >= 15 is 0 Å². The van der Waals surface area contributed by atoms with Gasteiger partial charge in [-0.25, -0.2) is 4.79 Å². The molecular weight excluding hydrogens is 396 g/mol. The highest BCUT2D eigenvalue weighted by atomic mass is 31.2. The van der Waals surface area contributed by atoms with E-state index in [-0.39, 0.29) is 24.2 Å². The Hall–Kier alpha value is -2.35. The van der Waals surface area contributed by atoms with Gasteiger partial charge in [-0.15, -0.1) is 0 Å². The zero-order chi connectivity index (χ0) is 20.8.